The number of carbonyl (C=O) groups excluding carboxylic acids is 4. The zero-order valence-electron chi connectivity index (χ0n) is 36.1. The van der Waals surface area contributed by atoms with E-state index in [0.29, 0.717) is 57.4 Å². The van der Waals surface area contributed by atoms with Gasteiger partial charge in [-0.3, -0.25) is 87.5 Å². The van der Waals surface area contributed by atoms with Crippen molar-refractivity contribution >= 4 is 84.2 Å². The highest BCUT2D eigenvalue weighted by atomic mass is 32.1. The van der Waals surface area contributed by atoms with Gasteiger partial charge in [-0.15, -0.1) is 30.5 Å². The van der Waals surface area contributed by atoms with Gasteiger partial charge in [-0.25, -0.2) is 4.79 Å². The van der Waals surface area contributed by atoms with Crippen LogP contribution in [0, 0.1) is 0 Å². The van der Waals surface area contributed by atoms with Crippen LogP contribution < -0.4 is 5.14 Å². The van der Waals surface area contributed by atoms with E-state index >= 15 is 0 Å². The zero-order chi connectivity index (χ0) is 49.1. The highest BCUT2D eigenvalue weighted by molar-refractivity contribution is 7.96. The maximum Gasteiger partial charge on any atom is 0.347 e. The van der Waals surface area contributed by atoms with Crippen LogP contribution in [0.3, 0.4) is 0 Å². The van der Waals surface area contributed by atoms with Crippen molar-refractivity contribution in [3.8, 4) is 0 Å². The maximum absolute atomic E-state index is 12.4. The molecule has 0 aromatic rings. The van der Waals surface area contributed by atoms with Gasteiger partial charge in [0.1, 0.15) is 0 Å². The van der Waals surface area contributed by atoms with Crippen LogP contribution in [-0.4, -0.2) is 291 Å². The fourth-order valence-corrected chi connectivity index (χ4v) is 6.93. The molecule has 27 nitrogen and oxygen atoms in total. The first-order valence-electron chi connectivity index (χ1n) is 20.3. The smallest absolute Gasteiger partial charge is 0.347 e. The predicted molar refractivity (Wildman–Crippen MR) is 232 cm³/mol. The van der Waals surface area contributed by atoms with E-state index in [4.69, 9.17) is 20.2 Å². The Bertz CT molecular complexity index is 1460. The Morgan fingerprint density at radius 2 is 0.569 bits per heavy atom. The van der Waals surface area contributed by atoms with E-state index in [9.17, 15) is 63.3 Å². The number of hydrogen-bond donors (Lipinski definition) is 9. The molecule has 0 aromatic carbocycles. The highest BCUT2D eigenvalue weighted by Crippen LogP contribution is 2.12. The minimum Gasteiger partial charge on any atom is -0.480 e. The molecule has 29 heteroatoms. The number of carboxylic acid groups (broad SMARTS) is 6. The summed E-state index contributed by atoms with van der Waals surface area (Å²) < 4.78 is 0. The van der Waals surface area contributed by atoms with Gasteiger partial charge in [0.05, 0.1) is 52.4 Å². The van der Waals surface area contributed by atoms with Gasteiger partial charge in [-0.05, 0) is 0 Å². The Labute approximate surface area is 386 Å². The van der Waals surface area contributed by atoms with Crippen LogP contribution in [0.1, 0.15) is 12.8 Å². The van der Waals surface area contributed by atoms with Gasteiger partial charge in [-0.1, -0.05) is 0 Å². The van der Waals surface area contributed by atoms with Crippen molar-refractivity contribution in [2.75, 3.05) is 157 Å². The number of hydroxylamine groups is 2. The maximum atomic E-state index is 12.4. The van der Waals surface area contributed by atoms with Crippen molar-refractivity contribution in [2.45, 2.75) is 12.8 Å². The molecule has 370 valence electrons. The third-order valence-corrected chi connectivity index (χ3v) is 10.1. The summed E-state index contributed by atoms with van der Waals surface area (Å²) in [6.07, 6.45) is -0.0773. The molecule has 3 saturated heterocycles. The van der Waals surface area contributed by atoms with Crippen molar-refractivity contribution in [1.29, 1.82) is 0 Å². The normalized spacial score (nSPS) is 19.4. The molecule has 0 radical (unpaired) electrons. The summed E-state index contributed by atoms with van der Waals surface area (Å²) in [6.45, 7) is 3.18. The number of amides is 2. The number of carbonyl (C=O) groups is 10. The van der Waals surface area contributed by atoms with E-state index in [-0.39, 0.29) is 123 Å². The fourth-order valence-electron chi connectivity index (χ4n) is 6.73. The van der Waals surface area contributed by atoms with Gasteiger partial charge < -0.3 is 35.5 Å². The first-order chi connectivity index (χ1) is 30.7. The molecule has 0 atom stereocenters. The molecule has 2 amide bonds. The third-order valence-electron chi connectivity index (χ3n) is 9.92. The van der Waals surface area contributed by atoms with Gasteiger partial charge in [0.2, 0.25) is 0 Å². The van der Waals surface area contributed by atoms with Gasteiger partial charge >= 0.3 is 41.8 Å². The van der Waals surface area contributed by atoms with Crippen LogP contribution in [0.2, 0.25) is 0 Å². The molecule has 8 N–H and O–H groups in total. The first kappa shape index (κ1) is 58.5. The number of rotatable bonds is 17. The van der Waals surface area contributed by atoms with Crippen molar-refractivity contribution in [1.82, 2.24) is 44.3 Å². The topological polar surface area (TPSA) is 356 Å². The summed E-state index contributed by atoms with van der Waals surface area (Å²) in [5.41, 5.74) is 0. The van der Waals surface area contributed by atoms with E-state index in [1.807, 2.05) is 4.90 Å². The Balaban J connectivity index is 0.000000641. The third kappa shape index (κ3) is 27.5. The van der Waals surface area contributed by atoms with Crippen molar-refractivity contribution in [3.63, 3.8) is 0 Å². The second kappa shape index (κ2) is 32.2. The molecule has 0 bridgehead atoms. The number of thiol groups is 2. The van der Waals surface area contributed by atoms with Crippen LogP contribution in [0.5, 0.6) is 0 Å². The lowest BCUT2D eigenvalue weighted by molar-refractivity contribution is -0.198. The second-order valence-corrected chi connectivity index (χ2v) is 15.5. The van der Waals surface area contributed by atoms with E-state index in [1.54, 1.807) is 34.3 Å². The van der Waals surface area contributed by atoms with Gasteiger partial charge in [0.15, 0.2) is 5.12 Å². The number of carboxylic acids is 6. The molecule has 65 heavy (non-hydrogen) atoms. The SMILES string of the molecule is NS.O=C(O)CN1CCN(CC(=O)O)CCN(CC(=O)ON2C(=O)CCC2=O)CCN(CC(=O)O)CC1.O=C(O)CN1CCN(CC(=O)O)CCN(CC(=O)S)CCN(CC(=O)O)CC1. The molecule has 0 aliphatic carbocycles. The first-order valence-corrected chi connectivity index (χ1v) is 21.3. The van der Waals surface area contributed by atoms with Crippen LogP contribution >= 0.6 is 25.4 Å². The molecule has 3 aliphatic rings. The zero-order valence-corrected chi connectivity index (χ0v) is 37.8. The molecule has 0 aromatic heterocycles. The van der Waals surface area contributed by atoms with E-state index in [2.05, 4.69) is 30.6 Å². The lowest BCUT2D eigenvalue weighted by Crippen LogP contribution is -2.49. The highest BCUT2D eigenvalue weighted by Gasteiger charge is 2.33. The van der Waals surface area contributed by atoms with Crippen LogP contribution in [0.15, 0.2) is 0 Å². The summed E-state index contributed by atoms with van der Waals surface area (Å²) in [6, 6.07) is 0. The van der Waals surface area contributed by atoms with Crippen molar-refractivity contribution < 1.29 is 83.4 Å². The van der Waals surface area contributed by atoms with Crippen molar-refractivity contribution in [3.05, 3.63) is 0 Å². The predicted octanol–water partition coefficient (Wildman–Crippen LogP) is -5.22. The molecular weight excluding hydrogens is 909 g/mol. The molecule has 3 aliphatic heterocycles. The minimum absolute atomic E-state index is 0.0387. The summed E-state index contributed by atoms with van der Waals surface area (Å²) in [5, 5.41) is 59.3. The number of imide groups is 1. The Kier molecular flexibility index (Phi) is 28.9. The largest absolute Gasteiger partial charge is 0.480 e. The number of aliphatic carboxylic acids is 6. The lowest BCUT2D eigenvalue weighted by atomic mass is 10.3. The van der Waals surface area contributed by atoms with E-state index < -0.39 is 53.6 Å². The number of nitrogens with zero attached hydrogens (tertiary/aromatic N) is 9. The average Bonchev–Trinajstić information content (AvgIpc) is 3.51. The summed E-state index contributed by atoms with van der Waals surface area (Å²) in [5.74, 6) is -8.21. The molecule has 0 spiro atoms. The number of hydrogen-bond acceptors (Lipinski definition) is 21. The van der Waals surface area contributed by atoms with E-state index in [1.165, 1.54) is 0 Å². The summed E-state index contributed by atoms with van der Waals surface area (Å²) in [7, 11) is 0. The average molecular weight is 971 g/mol. The molecular formula is C36H62N10O17S2. The Morgan fingerprint density at radius 3 is 0.754 bits per heavy atom. The molecule has 3 fully saturated rings. The molecule has 3 heterocycles. The monoisotopic (exact) mass is 970 g/mol. The summed E-state index contributed by atoms with van der Waals surface area (Å²) >= 11 is 6.83. The Morgan fingerprint density at radius 1 is 0.385 bits per heavy atom. The molecule has 0 saturated carbocycles. The fraction of sp³-hybridized carbons (Fsp3) is 0.722. The van der Waals surface area contributed by atoms with Gasteiger partial charge in [-0.2, -0.15) is 0 Å². The molecule has 3 rings (SSSR count). The van der Waals surface area contributed by atoms with Crippen LogP contribution in [-0.2, 0) is 52.8 Å². The summed E-state index contributed by atoms with van der Waals surface area (Å²) in [4.78, 5) is 133. The number of nitrogens with two attached hydrogens (primary N) is 1. The van der Waals surface area contributed by atoms with Crippen LogP contribution in [0.25, 0.3) is 0 Å². The quantitative estimate of drug-likeness (QED) is 0.0486. The Hall–Kier alpha value is -4.56. The standard InChI is InChI=1S/C20H31N5O10.C16H28N4O7S.H3NS/c26-15-1-2-16(27)25(15)35-20(34)14-24-9-7-22(12-18(30)31)5-3-21(11-17(28)29)4-6-23(8-10-24)13-19(32)33;21-13(22)9-17-1-3-18(10-14(23)24)5-7-20(12-16(27)28)8-6-19(4-2-17)11-15(25)26;1-2/h1-14H2,(H,28,29)(H,30,31)(H,32,33);1-12H2,(H,21,22)(H,23,24)(H,25,26)(H,27,28);2H,1H2. The minimum atomic E-state index is -1.06. The van der Waals surface area contributed by atoms with E-state index in [0.717, 1.165) is 0 Å². The van der Waals surface area contributed by atoms with Gasteiger partial charge in [0.25, 0.3) is 11.8 Å². The van der Waals surface area contributed by atoms with Crippen molar-refractivity contribution in [2.24, 2.45) is 5.14 Å². The van der Waals surface area contributed by atoms with Crippen LogP contribution in [0.4, 0.5) is 0 Å². The second-order valence-electron chi connectivity index (χ2n) is 15.0. The molecule has 0 unspecified atom stereocenters. The van der Waals surface area contributed by atoms with Gasteiger partial charge in [0, 0.05) is 118 Å². The lowest BCUT2D eigenvalue weighted by Gasteiger charge is -2.32.